The van der Waals surface area contributed by atoms with Crippen LogP contribution in [0.4, 0.5) is 0 Å². The number of carbonyl (C=O) groups is 1. The molecule has 1 fully saturated rings. The van der Waals surface area contributed by atoms with Gasteiger partial charge in [0.25, 0.3) is 0 Å². The van der Waals surface area contributed by atoms with Crippen molar-refractivity contribution < 1.29 is 14.6 Å². The molecule has 2 rings (SSSR count). The molecule has 2 atom stereocenters. The minimum Gasteiger partial charge on any atom is -0.481 e. The molecule has 0 saturated carbocycles. The Hall–Kier alpha value is -1.35. The van der Waals surface area contributed by atoms with Crippen LogP contribution in [0.25, 0.3) is 0 Å². The van der Waals surface area contributed by atoms with Crippen LogP contribution < -0.4 is 0 Å². The lowest BCUT2D eigenvalue weighted by Crippen LogP contribution is -2.42. The van der Waals surface area contributed by atoms with Crippen molar-refractivity contribution in [2.75, 3.05) is 6.61 Å². The zero-order valence-corrected chi connectivity index (χ0v) is 12.6. The molecule has 1 heterocycles. The maximum Gasteiger partial charge on any atom is 0.304 e. The van der Waals surface area contributed by atoms with Crippen LogP contribution in [0.5, 0.6) is 0 Å². The zero-order valence-electron chi connectivity index (χ0n) is 12.6. The lowest BCUT2D eigenvalue weighted by molar-refractivity contribution is -0.140. The Morgan fingerprint density at radius 1 is 1.40 bits per heavy atom. The molecule has 0 unspecified atom stereocenters. The van der Waals surface area contributed by atoms with Gasteiger partial charge in [-0.05, 0) is 31.2 Å². The van der Waals surface area contributed by atoms with Gasteiger partial charge in [-0.15, -0.1) is 0 Å². The molecule has 110 valence electrons. The summed E-state index contributed by atoms with van der Waals surface area (Å²) < 4.78 is 5.83. The third-order valence-electron chi connectivity index (χ3n) is 4.40. The van der Waals surface area contributed by atoms with E-state index in [-0.39, 0.29) is 17.9 Å². The number of aryl methyl sites for hydroxylation is 1. The van der Waals surface area contributed by atoms with Gasteiger partial charge in [0.1, 0.15) is 0 Å². The van der Waals surface area contributed by atoms with Gasteiger partial charge in [-0.25, -0.2) is 0 Å². The molecule has 3 nitrogen and oxygen atoms in total. The molecule has 1 aliphatic heterocycles. The Kier molecular flexibility index (Phi) is 4.48. The highest BCUT2D eigenvalue weighted by Crippen LogP contribution is 2.41. The Labute approximate surface area is 121 Å². The molecule has 0 amide bonds. The fourth-order valence-corrected chi connectivity index (χ4v) is 3.10. The van der Waals surface area contributed by atoms with Crippen LogP contribution in [0.2, 0.25) is 0 Å². The van der Waals surface area contributed by atoms with E-state index in [4.69, 9.17) is 4.74 Å². The van der Waals surface area contributed by atoms with Gasteiger partial charge in [-0.3, -0.25) is 4.79 Å². The lowest BCUT2D eigenvalue weighted by Gasteiger charge is -2.42. The fourth-order valence-electron chi connectivity index (χ4n) is 3.10. The van der Waals surface area contributed by atoms with Gasteiger partial charge in [0.05, 0.1) is 12.5 Å². The molecular formula is C17H24O3. The van der Waals surface area contributed by atoms with Gasteiger partial charge in [0, 0.05) is 12.0 Å². The topological polar surface area (TPSA) is 46.5 Å². The smallest absolute Gasteiger partial charge is 0.304 e. The van der Waals surface area contributed by atoms with Crippen molar-refractivity contribution in [3.8, 4) is 0 Å². The highest BCUT2D eigenvalue weighted by atomic mass is 16.5. The summed E-state index contributed by atoms with van der Waals surface area (Å²) in [5, 5.41) is 9.33. The summed E-state index contributed by atoms with van der Waals surface area (Å²) in [6.07, 6.45) is 1.90. The second-order valence-corrected chi connectivity index (χ2v) is 6.32. The molecule has 1 aliphatic rings. The third kappa shape index (κ3) is 3.21. The fraction of sp³-hybridized carbons (Fsp3) is 0.588. The van der Waals surface area contributed by atoms with Crippen LogP contribution in [-0.4, -0.2) is 23.8 Å². The molecule has 1 aromatic carbocycles. The Balaban J connectivity index is 2.34. The summed E-state index contributed by atoms with van der Waals surface area (Å²) >= 11 is 0. The molecule has 1 N–H and O–H groups in total. The molecule has 1 aromatic rings. The van der Waals surface area contributed by atoms with Gasteiger partial charge in [-0.1, -0.05) is 43.7 Å². The number of ether oxygens (including phenoxy) is 1. The van der Waals surface area contributed by atoms with Crippen molar-refractivity contribution in [1.82, 2.24) is 0 Å². The van der Waals surface area contributed by atoms with E-state index in [1.54, 1.807) is 0 Å². The number of carboxylic acid groups (broad SMARTS) is 1. The third-order valence-corrected chi connectivity index (χ3v) is 4.40. The average molecular weight is 276 g/mol. The number of carboxylic acids is 1. The molecule has 0 spiro atoms. The van der Waals surface area contributed by atoms with Crippen LogP contribution in [0, 0.1) is 12.8 Å². The van der Waals surface area contributed by atoms with E-state index in [1.165, 1.54) is 5.56 Å². The van der Waals surface area contributed by atoms with Gasteiger partial charge < -0.3 is 9.84 Å². The second-order valence-electron chi connectivity index (χ2n) is 6.32. The molecule has 0 bridgehead atoms. The van der Waals surface area contributed by atoms with Crippen LogP contribution >= 0.6 is 0 Å². The summed E-state index contributed by atoms with van der Waals surface area (Å²) in [5.41, 5.74) is 2.05. The number of aliphatic carboxylic acids is 1. The summed E-state index contributed by atoms with van der Waals surface area (Å²) in [4.78, 5) is 11.3. The van der Waals surface area contributed by atoms with E-state index in [0.29, 0.717) is 12.5 Å². The normalized spacial score (nSPS) is 26.7. The molecule has 3 heteroatoms. The number of rotatable bonds is 4. The first-order valence-corrected chi connectivity index (χ1v) is 7.33. The van der Waals surface area contributed by atoms with Gasteiger partial charge >= 0.3 is 5.97 Å². The first-order chi connectivity index (χ1) is 9.43. The van der Waals surface area contributed by atoms with Crippen molar-refractivity contribution in [2.24, 2.45) is 5.92 Å². The Bertz CT molecular complexity index is 464. The van der Waals surface area contributed by atoms with Gasteiger partial charge in [-0.2, -0.15) is 0 Å². The maximum absolute atomic E-state index is 11.3. The molecule has 0 radical (unpaired) electrons. The monoisotopic (exact) mass is 276 g/mol. The maximum atomic E-state index is 11.3. The van der Waals surface area contributed by atoms with Crippen LogP contribution in [0.15, 0.2) is 24.3 Å². The van der Waals surface area contributed by atoms with Crippen molar-refractivity contribution in [3.63, 3.8) is 0 Å². The summed E-state index contributed by atoms with van der Waals surface area (Å²) in [5.74, 6) is -0.316. The predicted molar refractivity (Wildman–Crippen MR) is 78.9 cm³/mol. The highest BCUT2D eigenvalue weighted by molar-refractivity contribution is 5.69. The number of hydrogen-bond acceptors (Lipinski definition) is 2. The molecule has 0 aromatic heterocycles. The SMILES string of the molecule is Cc1ccc([C@]2(CC(=O)O)CCO[C@H](C(C)C)C2)cc1. The van der Waals surface area contributed by atoms with Gasteiger partial charge in [0.15, 0.2) is 0 Å². The number of hydrogen-bond donors (Lipinski definition) is 1. The van der Waals surface area contributed by atoms with E-state index in [1.807, 2.05) is 0 Å². The largest absolute Gasteiger partial charge is 0.481 e. The van der Waals surface area contributed by atoms with E-state index in [0.717, 1.165) is 18.4 Å². The minimum atomic E-state index is -0.727. The Morgan fingerprint density at radius 3 is 2.60 bits per heavy atom. The quantitative estimate of drug-likeness (QED) is 0.915. The molecule has 1 saturated heterocycles. The van der Waals surface area contributed by atoms with Crippen molar-refractivity contribution in [2.45, 2.75) is 51.6 Å². The summed E-state index contributed by atoms with van der Waals surface area (Å²) in [6.45, 7) is 6.96. The van der Waals surface area contributed by atoms with E-state index < -0.39 is 5.97 Å². The lowest BCUT2D eigenvalue weighted by atomic mass is 9.68. The zero-order chi connectivity index (χ0) is 14.8. The van der Waals surface area contributed by atoms with Crippen molar-refractivity contribution in [1.29, 1.82) is 0 Å². The van der Waals surface area contributed by atoms with Crippen LogP contribution in [-0.2, 0) is 14.9 Å². The second kappa shape index (κ2) is 5.96. The number of benzene rings is 1. The van der Waals surface area contributed by atoms with Crippen molar-refractivity contribution >= 4 is 5.97 Å². The standard InChI is InChI=1S/C17H24O3/c1-12(2)15-10-17(8-9-20-15,11-16(18)19)14-6-4-13(3)5-7-14/h4-7,12,15H,8-11H2,1-3H3,(H,18,19)/t15-,17+/m0/s1. The Morgan fingerprint density at radius 2 is 2.05 bits per heavy atom. The first-order valence-electron chi connectivity index (χ1n) is 7.33. The molecule has 20 heavy (non-hydrogen) atoms. The first kappa shape index (κ1) is 15.0. The highest BCUT2D eigenvalue weighted by Gasteiger charge is 2.41. The minimum absolute atomic E-state index is 0.143. The molecular weight excluding hydrogens is 252 g/mol. The predicted octanol–water partition coefficient (Wildman–Crippen LogP) is 3.54. The summed E-state index contributed by atoms with van der Waals surface area (Å²) in [6, 6.07) is 8.31. The van der Waals surface area contributed by atoms with Crippen LogP contribution in [0.1, 0.15) is 44.2 Å². The van der Waals surface area contributed by atoms with E-state index in [2.05, 4.69) is 45.0 Å². The van der Waals surface area contributed by atoms with Crippen LogP contribution in [0.3, 0.4) is 0 Å². The van der Waals surface area contributed by atoms with E-state index in [9.17, 15) is 9.90 Å². The molecule has 0 aliphatic carbocycles. The average Bonchev–Trinajstić information content (AvgIpc) is 2.38. The van der Waals surface area contributed by atoms with E-state index >= 15 is 0 Å². The summed E-state index contributed by atoms with van der Waals surface area (Å²) in [7, 11) is 0. The van der Waals surface area contributed by atoms with Crippen molar-refractivity contribution in [3.05, 3.63) is 35.4 Å². The van der Waals surface area contributed by atoms with Gasteiger partial charge in [0.2, 0.25) is 0 Å².